The molecule has 1 aromatic rings. The van der Waals surface area contributed by atoms with Crippen molar-refractivity contribution in [3.63, 3.8) is 0 Å². The minimum Gasteiger partial charge on any atom is -0.310 e. The fourth-order valence-electron chi connectivity index (χ4n) is 2.74. The largest absolute Gasteiger partial charge is 0.310 e. The first-order valence-corrected chi connectivity index (χ1v) is 9.41. The Morgan fingerprint density at radius 1 is 1.40 bits per heavy atom. The second-order valence-electron chi connectivity index (χ2n) is 5.46. The molecule has 1 atom stereocenters. The summed E-state index contributed by atoms with van der Waals surface area (Å²) in [6, 6.07) is 5.41. The van der Waals surface area contributed by atoms with Crippen LogP contribution in [0.25, 0.3) is 0 Å². The lowest BCUT2D eigenvalue weighted by Crippen LogP contribution is -2.26. The highest BCUT2D eigenvalue weighted by Gasteiger charge is 2.22. The Balaban J connectivity index is 2.10. The lowest BCUT2D eigenvalue weighted by Gasteiger charge is -2.27. The summed E-state index contributed by atoms with van der Waals surface area (Å²) < 4.78 is 15.1. The van der Waals surface area contributed by atoms with Gasteiger partial charge in [0.25, 0.3) is 0 Å². The van der Waals surface area contributed by atoms with Crippen LogP contribution in [0.2, 0.25) is 0 Å². The van der Waals surface area contributed by atoms with Crippen LogP contribution >= 0.6 is 27.7 Å². The lowest BCUT2D eigenvalue weighted by molar-refractivity contribution is 0.363. The van der Waals surface area contributed by atoms with Gasteiger partial charge in [0.1, 0.15) is 5.82 Å². The molecule has 1 unspecified atom stereocenters. The Morgan fingerprint density at radius 3 is 2.85 bits per heavy atom. The van der Waals surface area contributed by atoms with Gasteiger partial charge in [-0.25, -0.2) is 4.39 Å². The number of nitrogens with one attached hydrogen (secondary N) is 1. The highest BCUT2D eigenvalue weighted by molar-refractivity contribution is 9.10. The molecule has 1 fully saturated rings. The molecular formula is C16H23BrFNS. The number of benzene rings is 1. The van der Waals surface area contributed by atoms with E-state index in [1.165, 1.54) is 24.3 Å². The van der Waals surface area contributed by atoms with Crippen LogP contribution in [0.1, 0.15) is 44.2 Å². The zero-order valence-electron chi connectivity index (χ0n) is 12.0. The van der Waals surface area contributed by atoms with E-state index in [1.54, 1.807) is 12.1 Å². The molecule has 0 radical (unpaired) electrons. The summed E-state index contributed by atoms with van der Waals surface area (Å²) in [7, 11) is 0. The van der Waals surface area contributed by atoms with E-state index in [4.69, 9.17) is 0 Å². The van der Waals surface area contributed by atoms with Crippen LogP contribution in [0.3, 0.4) is 0 Å². The first-order valence-electron chi connectivity index (χ1n) is 7.46. The van der Waals surface area contributed by atoms with E-state index in [0.29, 0.717) is 0 Å². The average Bonchev–Trinajstić information content (AvgIpc) is 2.47. The van der Waals surface area contributed by atoms with E-state index in [-0.39, 0.29) is 11.9 Å². The van der Waals surface area contributed by atoms with Crippen molar-refractivity contribution in [2.45, 2.75) is 38.6 Å². The summed E-state index contributed by atoms with van der Waals surface area (Å²) in [5.74, 6) is 3.15. The molecular weight excluding hydrogens is 337 g/mol. The molecule has 1 heterocycles. The summed E-state index contributed by atoms with van der Waals surface area (Å²) >= 11 is 5.50. The van der Waals surface area contributed by atoms with Crippen molar-refractivity contribution in [1.82, 2.24) is 5.32 Å². The van der Waals surface area contributed by atoms with Crippen molar-refractivity contribution in [2.24, 2.45) is 5.92 Å². The van der Waals surface area contributed by atoms with Gasteiger partial charge in [-0.2, -0.15) is 11.8 Å². The molecule has 0 spiro atoms. The van der Waals surface area contributed by atoms with Crippen molar-refractivity contribution < 1.29 is 4.39 Å². The maximum absolute atomic E-state index is 14.1. The van der Waals surface area contributed by atoms with Crippen LogP contribution < -0.4 is 5.32 Å². The minimum atomic E-state index is -0.0908. The molecule has 112 valence electrons. The molecule has 20 heavy (non-hydrogen) atoms. The Bertz CT molecular complexity index is 421. The number of thioether (sulfide) groups is 1. The van der Waals surface area contributed by atoms with Crippen molar-refractivity contribution in [3.05, 3.63) is 34.1 Å². The molecule has 0 saturated carbocycles. The maximum Gasteiger partial charge on any atom is 0.128 e. The van der Waals surface area contributed by atoms with Gasteiger partial charge in [-0.05, 0) is 67.9 Å². The Morgan fingerprint density at radius 2 is 2.15 bits per heavy atom. The summed E-state index contributed by atoms with van der Waals surface area (Å²) in [6.07, 6.45) is 4.66. The summed E-state index contributed by atoms with van der Waals surface area (Å²) in [5, 5.41) is 3.53. The number of halogens is 2. The Hall–Kier alpha value is -0.0600. The van der Waals surface area contributed by atoms with Crippen LogP contribution in [0.4, 0.5) is 4.39 Å². The van der Waals surface area contributed by atoms with Crippen molar-refractivity contribution in [3.8, 4) is 0 Å². The first-order chi connectivity index (χ1) is 9.70. The predicted octanol–water partition coefficient (Wildman–Crippen LogP) is 5.16. The minimum absolute atomic E-state index is 0.0908. The molecule has 0 amide bonds. The van der Waals surface area contributed by atoms with Gasteiger partial charge in [0.05, 0.1) is 0 Å². The summed E-state index contributed by atoms with van der Waals surface area (Å²) in [6.45, 7) is 3.09. The standard InChI is InChI=1S/C16H23BrFNS/c1-2-7-19-16(10-12-5-8-20-9-6-12)14-11-13(17)3-4-15(14)18/h3-4,11-12,16,19H,2,5-10H2,1H3. The number of hydrogen-bond acceptors (Lipinski definition) is 2. The Kier molecular flexibility index (Phi) is 6.85. The van der Waals surface area contributed by atoms with Crippen LogP contribution in [0.5, 0.6) is 0 Å². The second-order valence-corrected chi connectivity index (χ2v) is 7.60. The van der Waals surface area contributed by atoms with Gasteiger partial charge in [-0.1, -0.05) is 22.9 Å². The van der Waals surface area contributed by atoms with Gasteiger partial charge in [0.2, 0.25) is 0 Å². The van der Waals surface area contributed by atoms with Crippen molar-refractivity contribution >= 4 is 27.7 Å². The Labute approximate surface area is 134 Å². The van der Waals surface area contributed by atoms with Gasteiger partial charge in [0, 0.05) is 16.1 Å². The van der Waals surface area contributed by atoms with E-state index in [9.17, 15) is 4.39 Å². The normalized spacial score (nSPS) is 18.1. The van der Waals surface area contributed by atoms with Crippen LogP contribution in [-0.4, -0.2) is 18.1 Å². The molecule has 1 N–H and O–H groups in total. The maximum atomic E-state index is 14.1. The third kappa shape index (κ3) is 4.74. The first kappa shape index (κ1) is 16.3. The van der Waals surface area contributed by atoms with E-state index in [1.807, 2.05) is 17.8 Å². The topological polar surface area (TPSA) is 12.0 Å². The summed E-state index contributed by atoms with van der Waals surface area (Å²) in [5.41, 5.74) is 0.811. The average molecular weight is 360 g/mol. The molecule has 0 aromatic heterocycles. The van der Waals surface area contributed by atoms with Gasteiger partial charge >= 0.3 is 0 Å². The van der Waals surface area contributed by atoms with Gasteiger partial charge in [-0.3, -0.25) is 0 Å². The van der Waals surface area contributed by atoms with E-state index in [2.05, 4.69) is 28.2 Å². The van der Waals surface area contributed by atoms with Crippen LogP contribution in [0, 0.1) is 11.7 Å². The molecule has 0 aliphatic carbocycles. The highest BCUT2D eigenvalue weighted by Crippen LogP contribution is 2.32. The van der Waals surface area contributed by atoms with Gasteiger partial charge in [-0.15, -0.1) is 0 Å². The quantitative estimate of drug-likeness (QED) is 0.752. The van der Waals surface area contributed by atoms with Crippen LogP contribution in [-0.2, 0) is 0 Å². The monoisotopic (exact) mass is 359 g/mol. The van der Waals surface area contributed by atoms with Crippen LogP contribution in [0.15, 0.2) is 22.7 Å². The number of rotatable bonds is 6. The second kappa shape index (κ2) is 8.40. The highest BCUT2D eigenvalue weighted by atomic mass is 79.9. The van der Waals surface area contributed by atoms with E-state index < -0.39 is 0 Å². The zero-order chi connectivity index (χ0) is 14.4. The van der Waals surface area contributed by atoms with Crippen molar-refractivity contribution in [2.75, 3.05) is 18.1 Å². The molecule has 4 heteroatoms. The fraction of sp³-hybridized carbons (Fsp3) is 0.625. The van der Waals surface area contributed by atoms with Gasteiger partial charge < -0.3 is 5.32 Å². The predicted molar refractivity (Wildman–Crippen MR) is 89.8 cm³/mol. The third-order valence-corrected chi connectivity index (χ3v) is 5.43. The molecule has 0 bridgehead atoms. The van der Waals surface area contributed by atoms with Crippen molar-refractivity contribution in [1.29, 1.82) is 0 Å². The smallest absolute Gasteiger partial charge is 0.128 e. The van der Waals surface area contributed by atoms with E-state index >= 15 is 0 Å². The molecule has 1 aliphatic rings. The molecule has 1 nitrogen and oxygen atoms in total. The summed E-state index contributed by atoms with van der Waals surface area (Å²) in [4.78, 5) is 0. The molecule has 2 rings (SSSR count). The SMILES string of the molecule is CCCNC(CC1CCSCC1)c1cc(Br)ccc1F. The zero-order valence-corrected chi connectivity index (χ0v) is 14.4. The lowest BCUT2D eigenvalue weighted by atomic mass is 9.90. The third-order valence-electron chi connectivity index (χ3n) is 3.88. The van der Waals surface area contributed by atoms with Gasteiger partial charge in [0.15, 0.2) is 0 Å². The number of hydrogen-bond donors (Lipinski definition) is 1. The molecule has 1 saturated heterocycles. The van der Waals surface area contributed by atoms with E-state index in [0.717, 1.165) is 35.3 Å². The molecule has 1 aliphatic heterocycles. The fourth-order valence-corrected chi connectivity index (χ4v) is 4.32. The molecule has 1 aromatic carbocycles.